The van der Waals surface area contributed by atoms with Crippen molar-refractivity contribution in [3.05, 3.63) is 24.0 Å². The number of carbonyl (C=O) groups is 3. The second kappa shape index (κ2) is 7.94. The van der Waals surface area contributed by atoms with E-state index in [0.717, 1.165) is 19.3 Å². The maximum Gasteiger partial charge on any atom is 0.414 e. The van der Waals surface area contributed by atoms with E-state index in [9.17, 15) is 23.9 Å². The number of carboxylic acids is 1. The fourth-order valence-electron chi connectivity index (χ4n) is 3.98. The minimum atomic E-state index is -0.926. The number of benzene rings is 1. The minimum absolute atomic E-state index is 0.0292. The smallest absolute Gasteiger partial charge is 0.414 e. The summed E-state index contributed by atoms with van der Waals surface area (Å²) < 4.78 is 19.0. The Hall–Kier alpha value is -2.64. The summed E-state index contributed by atoms with van der Waals surface area (Å²) in [5, 5.41) is 11.8. The number of carbonyl (C=O) groups excluding carboxylic acids is 2. The van der Waals surface area contributed by atoms with Crippen LogP contribution in [0, 0.1) is 11.2 Å². The zero-order valence-corrected chi connectivity index (χ0v) is 15.0. The van der Waals surface area contributed by atoms with E-state index in [-0.39, 0.29) is 25.1 Å². The molecule has 0 aromatic heterocycles. The number of amides is 2. The average molecular weight is 378 g/mol. The van der Waals surface area contributed by atoms with E-state index in [4.69, 9.17) is 4.74 Å². The van der Waals surface area contributed by atoms with E-state index >= 15 is 0 Å². The highest BCUT2D eigenvalue weighted by Crippen LogP contribution is 2.42. The molecule has 7 nitrogen and oxygen atoms in total. The minimum Gasteiger partial charge on any atom is -0.481 e. The van der Waals surface area contributed by atoms with Gasteiger partial charge in [-0.05, 0) is 36.5 Å². The first kappa shape index (κ1) is 19.1. The number of ether oxygens (including phenoxy) is 1. The molecule has 0 radical (unpaired) electrons. The van der Waals surface area contributed by atoms with Gasteiger partial charge < -0.3 is 15.2 Å². The second-order valence-corrected chi connectivity index (χ2v) is 7.29. The molecular formula is C19H23FN2O5. The Morgan fingerprint density at radius 3 is 2.59 bits per heavy atom. The molecule has 3 rings (SSSR count). The number of hydrogen-bond acceptors (Lipinski definition) is 4. The van der Waals surface area contributed by atoms with Gasteiger partial charge in [0.15, 0.2) is 0 Å². The molecule has 0 unspecified atom stereocenters. The molecule has 146 valence electrons. The second-order valence-electron chi connectivity index (χ2n) is 7.29. The van der Waals surface area contributed by atoms with Gasteiger partial charge in [0.25, 0.3) is 0 Å². The molecular weight excluding hydrogens is 355 g/mol. The lowest BCUT2D eigenvalue weighted by Crippen LogP contribution is -2.32. The predicted octanol–water partition coefficient (Wildman–Crippen LogP) is 3.54. The summed E-state index contributed by atoms with van der Waals surface area (Å²) in [5.74, 6) is -1.96. The van der Waals surface area contributed by atoms with Gasteiger partial charge in [0.05, 0.1) is 18.7 Å². The summed E-state index contributed by atoms with van der Waals surface area (Å²) in [5.41, 5.74) is -0.174. The number of rotatable bonds is 6. The van der Waals surface area contributed by atoms with Crippen molar-refractivity contribution in [2.75, 3.05) is 23.4 Å². The summed E-state index contributed by atoms with van der Waals surface area (Å²) in [6.07, 6.45) is 3.62. The molecule has 0 bridgehead atoms. The SMILES string of the molecule is O=C(O)CC1(CC(=O)Nc2cc(N3CCOC3=O)ccc2F)CCCCC1. The molecule has 1 aliphatic heterocycles. The fourth-order valence-corrected chi connectivity index (χ4v) is 3.98. The highest BCUT2D eigenvalue weighted by molar-refractivity contribution is 5.94. The molecule has 8 heteroatoms. The summed E-state index contributed by atoms with van der Waals surface area (Å²) >= 11 is 0. The van der Waals surface area contributed by atoms with E-state index < -0.39 is 29.2 Å². The maximum atomic E-state index is 14.2. The number of nitrogens with zero attached hydrogens (tertiary/aromatic N) is 1. The number of nitrogens with one attached hydrogen (secondary N) is 1. The van der Waals surface area contributed by atoms with Crippen LogP contribution in [-0.4, -0.2) is 36.2 Å². The van der Waals surface area contributed by atoms with Gasteiger partial charge in [-0.2, -0.15) is 0 Å². The van der Waals surface area contributed by atoms with Crippen LogP contribution in [0.2, 0.25) is 0 Å². The Balaban J connectivity index is 1.72. The lowest BCUT2D eigenvalue weighted by atomic mass is 9.69. The Labute approximate surface area is 156 Å². The van der Waals surface area contributed by atoms with Crippen molar-refractivity contribution in [3.63, 3.8) is 0 Å². The molecule has 27 heavy (non-hydrogen) atoms. The first-order valence-electron chi connectivity index (χ1n) is 9.14. The number of halogens is 1. The first-order chi connectivity index (χ1) is 12.9. The highest BCUT2D eigenvalue weighted by Gasteiger charge is 2.36. The molecule has 2 fully saturated rings. The van der Waals surface area contributed by atoms with Crippen LogP contribution in [0.15, 0.2) is 18.2 Å². The number of anilines is 2. The monoisotopic (exact) mass is 378 g/mol. The van der Waals surface area contributed by atoms with E-state index in [1.807, 2.05) is 0 Å². The Bertz CT molecular complexity index is 746. The number of hydrogen-bond donors (Lipinski definition) is 2. The number of carboxylic acid groups (broad SMARTS) is 1. The van der Waals surface area contributed by atoms with E-state index in [0.29, 0.717) is 25.1 Å². The van der Waals surface area contributed by atoms with Gasteiger partial charge in [0, 0.05) is 12.1 Å². The third-order valence-electron chi connectivity index (χ3n) is 5.27. The van der Waals surface area contributed by atoms with Crippen LogP contribution in [0.3, 0.4) is 0 Å². The molecule has 1 saturated heterocycles. The van der Waals surface area contributed by atoms with Crippen LogP contribution in [-0.2, 0) is 14.3 Å². The fraction of sp³-hybridized carbons (Fsp3) is 0.526. The van der Waals surface area contributed by atoms with Crippen molar-refractivity contribution in [3.8, 4) is 0 Å². The molecule has 0 atom stereocenters. The van der Waals surface area contributed by atoms with E-state index in [2.05, 4.69) is 5.32 Å². The Morgan fingerprint density at radius 2 is 1.96 bits per heavy atom. The zero-order valence-electron chi connectivity index (χ0n) is 15.0. The molecule has 1 saturated carbocycles. The Morgan fingerprint density at radius 1 is 1.22 bits per heavy atom. The van der Waals surface area contributed by atoms with Gasteiger partial charge in [-0.15, -0.1) is 0 Å². The van der Waals surface area contributed by atoms with Crippen LogP contribution in [0.5, 0.6) is 0 Å². The molecule has 2 aliphatic rings. The standard InChI is InChI=1S/C19H23FN2O5/c20-14-5-4-13(22-8-9-27-18(22)26)10-15(14)21-16(23)11-19(12-17(24)25)6-2-1-3-7-19/h4-5,10H,1-3,6-9,11-12H2,(H,21,23)(H,24,25). The lowest BCUT2D eigenvalue weighted by molar-refractivity contribution is -0.140. The van der Waals surface area contributed by atoms with E-state index in [1.165, 1.54) is 23.1 Å². The van der Waals surface area contributed by atoms with Crippen LogP contribution in [0.4, 0.5) is 20.6 Å². The number of cyclic esters (lactones) is 1. The summed E-state index contributed by atoms with van der Waals surface area (Å²) in [7, 11) is 0. The van der Waals surface area contributed by atoms with Crippen molar-refractivity contribution in [1.82, 2.24) is 0 Å². The van der Waals surface area contributed by atoms with Gasteiger partial charge in [-0.3, -0.25) is 14.5 Å². The van der Waals surface area contributed by atoms with E-state index in [1.54, 1.807) is 0 Å². The molecule has 1 aromatic carbocycles. The van der Waals surface area contributed by atoms with Crippen LogP contribution >= 0.6 is 0 Å². The van der Waals surface area contributed by atoms with Gasteiger partial charge in [-0.1, -0.05) is 19.3 Å². The van der Waals surface area contributed by atoms with Crippen molar-refractivity contribution in [2.24, 2.45) is 5.41 Å². The molecule has 0 spiro atoms. The van der Waals surface area contributed by atoms with Gasteiger partial charge >= 0.3 is 12.1 Å². The van der Waals surface area contributed by atoms with Crippen molar-refractivity contribution < 1.29 is 28.6 Å². The summed E-state index contributed by atoms with van der Waals surface area (Å²) in [6.45, 7) is 0.620. The molecule has 1 aromatic rings. The molecule has 1 heterocycles. The normalized spacial score (nSPS) is 18.9. The van der Waals surface area contributed by atoms with Crippen molar-refractivity contribution >= 4 is 29.3 Å². The first-order valence-corrected chi connectivity index (χ1v) is 9.14. The van der Waals surface area contributed by atoms with Crippen molar-refractivity contribution in [2.45, 2.75) is 44.9 Å². The molecule has 1 aliphatic carbocycles. The topological polar surface area (TPSA) is 95.9 Å². The number of aliphatic carboxylic acids is 1. The lowest BCUT2D eigenvalue weighted by Gasteiger charge is -2.35. The summed E-state index contributed by atoms with van der Waals surface area (Å²) in [6, 6.07) is 4.03. The van der Waals surface area contributed by atoms with Crippen LogP contribution in [0.1, 0.15) is 44.9 Å². The van der Waals surface area contributed by atoms with Crippen molar-refractivity contribution in [1.29, 1.82) is 0 Å². The maximum absolute atomic E-state index is 14.2. The van der Waals surface area contributed by atoms with Gasteiger partial charge in [-0.25, -0.2) is 9.18 Å². The van der Waals surface area contributed by atoms with Crippen LogP contribution in [0.25, 0.3) is 0 Å². The molecule has 2 N–H and O–H groups in total. The largest absolute Gasteiger partial charge is 0.481 e. The third kappa shape index (κ3) is 4.56. The molecule has 2 amide bonds. The predicted molar refractivity (Wildman–Crippen MR) is 96.1 cm³/mol. The highest BCUT2D eigenvalue weighted by atomic mass is 19.1. The zero-order chi connectivity index (χ0) is 19.4. The Kier molecular flexibility index (Phi) is 5.62. The quantitative estimate of drug-likeness (QED) is 0.789. The average Bonchev–Trinajstić information content (AvgIpc) is 3.03. The third-order valence-corrected chi connectivity index (χ3v) is 5.27. The van der Waals surface area contributed by atoms with Crippen LogP contribution < -0.4 is 10.2 Å². The summed E-state index contributed by atoms with van der Waals surface area (Å²) in [4.78, 5) is 36.8. The van der Waals surface area contributed by atoms with Gasteiger partial charge in [0.1, 0.15) is 12.4 Å². The van der Waals surface area contributed by atoms with Gasteiger partial charge in [0.2, 0.25) is 5.91 Å².